The van der Waals surface area contributed by atoms with E-state index in [4.69, 9.17) is 10.5 Å². The Bertz CT molecular complexity index is 327. The van der Waals surface area contributed by atoms with Crippen molar-refractivity contribution in [1.29, 1.82) is 0 Å². The van der Waals surface area contributed by atoms with Crippen molar-refractivity contribution in [3.63, 3.8) is 0 Å². The van der Waals surface area contributed by atoms with Crippen molar-refractivity contribution in [3.05, 3.63) is 35.9 Å². The van der Waals surface area contributed by atoms with Crippen LogP contribution in [0, 0.1) is 0 Å². The van der Waals surface area contributed by atoms with Gasteiger partial charge in [-0.3, -0.25) is 4.79 Å². The number of hydrogen-bond donors (Lipinski definition) is 2. The first-order valence-electron chi connectivity index (χ1n) is 5.79. The number of hydrogen-bond acceptors (Lipinski definition) is 3. The van der Waals surface area contributed by atoms with E-state index >= 15 is 0 Å². The van der Waals surface area contributed by atoms with Gasteiger partial charge in [0.25, 0.3) is 0 Å². The van der Waals surface area contributed by atoms with Crippen LogP contribution in [0.15, 0.2) is 30.3 Å². The molecule has 3 N–H and O–H groups in total. The molecule has 1 aromatic carbocycles. The molecular formula is C13H20N2O2. The first-order valence-corrected chi connectivity index (χ1v) is 5.79. The molecule has 0 spiro atoms. The van der Waals surface area contributed by atoms with Gasteiger partial charge in [0, 0.05) is 13.5 Å². The fourth-order valence-corrected chi connectivity index (χ4v) is 1.66. The second kappa shape index (κ2) is 7.81. The molecule has 1 rings (SSSR count). The highest BCUT2D eigenvalue weighted by molar-refractivity contribution is 5.73. The van der Waals surface area contributed by atoms with Crippen molar-refractivity contribution in [1.82, 2.24) is 5.32 Å². The Balaban J connectivity index is 2.41. The average Bonchev–Trinajstić information content (AvgIpc) is 2.34. The van der Waals surface area contributed by atoms with E-state index in [1.165, 1.54) is 5.56 Å². The number of benzene rings is 1. The number of carbonyl (C=O) groups is 1. The molecule has 0 saturated carbocycles. The van der Waals surface area contributed by atoms with Gasteiger partial charge >= 0.3 is 0 Å². The van der Waals surface area contributed by atoms with E-state index in [2.05, 4.69) is 17.4 Å². The molecular weight excluding hydrogens is 216 g/mol. The molecule has 94 valence electrons. The third kappa shape index (κ3) is 5.47. The highest BCUT2D eigenvalue weighted by Gasteiger charge is 2.09. The predicted molar refractivity (Wildman–Crippen MR) is 67.5 cm³/mol. The smallest absolute Gasteiger partial charge is 0.217 e. The average molecular weight is 236 g/mol. The second-order valence-corrected chi connectivity index (χ2v) is 3.94. The largest absolute Gasteiger partial charge is 0.383 e. The minimum Gasteiger partial charge on any atom is -0.383 e. The van der Waals surface area contributed by atoms with E-state index in [-0.39, 0.29) is 11.9 Å². The first-order chi connectivity index (χ1) is 8.24. The fourth-order valence-electron chi connectivity index (χ4n) is 1.66. The van der Waals surface area contributed by atoms with Crippen LogP contribution in [0.3, 0.4) is 0 Å². The van der Waals surface area contributed by atoms with E-state index in [0.717, 1.165) is 13.0 Å². The third-order valence-corrected chi connectivity index (χ3v) is 2.53. The van der Waals surface area contributed by atoms with E-state index in [1.54, 1.807) is 7.11 Å². The van der Waals surface area contributed by atoms with Gasteiger partial charge in [-0.2, -0.15) is 0 Å². The quantitative estimate of drug-likeness (QED) is 0.667. The Morgan fingerprint density at radius 1 is 1.41 bits per heavy atom. The van der Waals surface area contributed by atoms with E-state index < -0.39 is 0 Å². The van der Waals surface area contributed by atoms with Gasteiger partial charge in [0.15, 0.2) is 0 Å². The molecule has 0 heterocycles. The molecule has 0 saturated heterocycles. The van der Waals surface area contributed by atoms with E-state index in [9.17, 15) is 4.79 Å². The molecule has 0 fully saturated rings. The number of ether oxygens (including phenoxy) is 1. The number of primary amides is 1. The number of amides is 1. The summed E-state index contributed by atoms with van der Waals surface area (Å²) in [7, 11) is 1.68. The summed E-state index contributed by atoms with van der Waals surface area (Å²) in [5.41, 5.74) is 6.28. The van der Waals surface area contributed by atoms with Gasteiger partial charge in [-0.05, 0) is 18.5 Å². The molecule has 0 aliphatic carbocycles. The maximum Gasteiger partial charge on any atom is 0.217 e. The molecule has 1 amide bonds. The molecule has 4 nitrogen and oxygen atoms in total. The van der Waals surface area contributed by atoms with Crippen LogP contribution in [-0.2, 0) is 9.53 Å². The van der Waals surface area contributed by atoms with Gasteiger partial charge in [0.2, 0.25) is 5.91 Å². The molecule has 0 aliphatic rings. The van der Waals surface area contributed by atoms with Crippen LogP contribution in [0.5, 0.6) is 0 Å². The lowest BCUT2D eigenvalue weighted by Gasteiger charge is -2.18. The number of nitrogens with one attached hydrogen (secondary N) is 1. The summed E-state index contributed by atoms with van der Waals surface area (Å²) in [5.74, 6) is -0.255. The van der Waals surface area contributed by atoms with E-state index in [0.29, 0.717) is 13.0 Å². The molecule has 0 aliphatic heterocycles. The first kappa shape index (κ1) is 13.7. The van der Waals surface area contributed by atoms with Crippen LogP contribution in [0.25, 0.3) is 0 Å². The van der Waals surface area contributed by atoms with Crippen molar-refractivity contribution in [2.75, 3.05) is 20.3 Å². The summed E-state index contributed by atoms with van der Waals surface area (Å²) in [6.07, 6.45) is 1.17. The van der Waals surface area contributed by atoms with Crippen LogP contribution < -0.4 is 11.1 Å². The molecule has 1 atom stereocenters. The van der Waals surface area contributed by atoms with Gasteiger partial charge in [-0.1, -0.05) is 30.3 Å². The van der Waals surface area contributed by atoms with Crippen LogP contribution in [0.4, 0.5) is 0 Å². The molecule has 1 aromatic rings. The minimum absolute atomic E-state index is 0.161. The molecule has 0 aromatic heterocycles. The lowest BCUT2D eigenvalue weighted by molar-refractivity contribution is -0.118. The normalized spacial score (nSPS) is 12.3. The number of methoxy groups -OCH3 is 1. The van der Waals surface area contributed by atoms with Gasteiger partial charge in [-0.25, -0.2) is 0 Å². The zero-order chi connectivity index (χ0) is 12.5. The standard InChI is InChI=1S/C13H20N2O2/c1-17-10-12(11-6-3-2-4-7-11)15-9-5-8-13(14)16/h2-4,6-7,12,15H,5,8-10H2,1H3,(H2,14,16). The Morgan fingerprint density at radius 3 is 2.71 bits per heavy atom. The Morgan fingerprint density at radius 2 is 2.12 bits per heavy atom. The Kier molecular flexibility index (Phi) is 6.29. The van der Waals surface area contributed by atoms with E-state index in [1.807, 2.05) is 18.2 Å². The Hall–Kier alpha value is -1.39. The zero-order valence-electron chi connectivity index (χ0n) is 10.2. The SMILES string of the molecule is COCC(NCCCC(N)=O)c1ccccc1. The van der Waals surface area contributed by atoms with Crippen LogP contribution >= 0.6 is 0 Å². The van der Waals surface area contributed by atoms with Crippen LogP contribution in [0.1, 0.15) is 24.4 Å². The lowest BCUT2D eigenvalue weighted by Crippen LogP contribution is -2.27. The van der Waals surface area contributed by atoms with Gasteiger partial charge in [-0.15, -0.1) is 0 Å². The summed E-state index contributed by atoms with van der Waals surface area (Å²) in [5, 5.41) is 3.36. The summed E-state index contributed by atoms with van der Waals surface area (Å²) in [6, 6.07) is 10.3. The zero-order valence-corrected chi connectivity index (χ0v) is 10.2. The molecule has 1 unspecified atom stereocenters. The van der Waals surface area contributed by atoms with Gasteiger partial charge in [0.05, 0.1) is 12.6 Å². The van der Waals surface area contributed by atoms with Crippen molar-refractivity contribution in [2.45, 2.75) is 18.9 Å². The second-order valence-electron chi connectivity index (χ2n) is 3.94. The van der Waals surface area contributed by atoms with Gasteiger partial charge < -0.3 is 15.8 Å². The number of carbonyl (C=O) groups excluding carboxylic acids is 1. The fraction of sp³-hybridized carbons (Fsp3) is 0.462. The predicted octanol–water partition coefficient (Wildman–Crippen LogP) is 1.23. The van der Waals surface area contributed by atoms with Crippen molar-refractivity contribution in [3.8, 4) is 0 Å². The number of nitrogens with two attached hydrogens (primary N) is 1. The van der Waals surface area contributed by atoms with Crippen LogP contribution in [0.2, 0.25) is 0 Å². The molecule has 17 heavy (non-hydrogen) atoms. The third-order valence-electron chi connectivity index (χ3n) is 2.53. The summed E-state index contributed by atoms with van der Waals surface area (Å²) < 4.78 is 5.18. The maximum absolute atomic E-state index is 10.6. The van der Waals surface area contributed by atoms with Gasteiger partial charge in [0.1, 0.15) is 0 Å². The topological polar surface area (TPSA) is 64.3 Å². The highest BCUT2D eigenvalue weighted by atomic mass is 16.5. The highest BCUT2D eigenvalue weighted by Crippen LogP contribution is 2.12. The van der Waals surface area contributed by atoms with Crippen molar-refractivity contribution < 1.29 is 9.53 Å². The Labute approximate surface area is 102 Å². The molecule has 0 radical (unpaired) electrons. The summed E-state index contributed by atoms with van der Waals surface area (Å²) in [4.78, 5) is 10.6. The van der Waals surface area contributed by atoms with Crippen molar-refractivity contribution in [2.24, 2.45) is 5.73 Å². The molecule has 0 bridgehead atoms. The lowest BCUT2D eigenvalue weighted by atomic mass is 10.1. The summed E-state index contributed by atoms with van der Waals surface area (Å²) in [6.45, 7) is 1.37. The minimum atomic E-state index is -0.255. The number of rotatable bonds is 8. The monoisotopic (exact) mass is 236 g/mol. The molecule has 4 heteroatoms. The van der Waals surface area contributed by atoms with Crippen LogP contribution in [-0.4, -0.2) is 26.2 Å². The van der Waals surface area contributed by atoms with Crippen molar-refractivity contribution >= 4 is 5.91 Å². The maximum atomic E-state index is 10.6. The summed E-state index contributed by atoms with van der Waals surface area (Å²) >= 11 is 0.